The Hall–Kier alpha value is -3.20. The summed E-state index contributed by atoms with van der Waals surface area (Å²) >= 11 is 6.88. The van der Waals surface area contributed by atoms with E-state index in [0.29, 0.717) is 31.6 Å². The first-order valence-corrected chi connectivity index (χ1v) is 16.1. The number of rotatable bonds is 4. The third kappa shape index (κ3) is 4.74. The van der Waals surface area contributed by atoms with E-state index in [1.807, 2.05) is 6.92 Å². The summed E-state index contributed by atoms with van der Waals surface area (Å²) in [4.78, 5) is 17.8. The fourth-order valence-corrected chi connectivity index (χ4v) is 8.58. The molecule has 2 unspecified atom stereocenters. The van der Waals surface area contributed by atoms with Gasteiger partial charge in [-0.1, -0.05) is 11.6 Å². The van der Waals surface area contributed by atoms with E-state index in [0.717, 1.165) is 38.3 Å². The second kappa shape index (κ2) is 10.9. The Morgan fingerprint density at radius 1 is 1.17 bits per heavy atom. The van der Waals surface area contributed by atoms with Crippen LogP contribution in [0.1, 0.15) is 43.7 Å². The molecule has 0 saturated carbocycles. The molecule has 1 aromatic carbocycles. The Labute approximate surface area is 267 Å². The number of aromatic nitrogens is 3. The standard InChI is InChI=1S/C31H34ClF4N7O3/c1-13-9-19(37)39-25(22(13)31(34,35)36)20-23(32)28-21-26(24(20)33)40-30(45-12-17-5-4-16-11-44-8-7-42(16)17)41-29(21)43-10-15-3-6-18(38-15)27(43)14(2)46-28/h9,14-18,27,38H,3-8,10-12H2,1-2H3,(H2,37,39)/t14?,15-,16+,17+,18+,27?/m1/s1. The predicted molar refractivity (Wildman–Crippen MR) is 163 cm³/mol. The van der Waals surface area contributed by atoms with Crippen molar-refractivity contribution in [1.29, 1.82) is 0 Å². The van der Waals surface area contributed by atoms with Crippen molar-refractivity contribution in [1.82, 2.24) is 25.2 Å². The number of fused-ring (bicyclic) bond motifs is 6. The maximum atomic E-state index is 16.9. The van der Waals surface area contributed by atoms with Crippen molar-refractivity contribution in [2.45, 2.75) is 82.0 Å². The predicted octanol–water partition coefficient (Wildman–Crippen LogP) is 4.73. The van der Waals surface area contributed by atoms with Crippen LogP contribution in [-0.4, -0.2) is 89.1 Å². The van der Waals surface area contributed by atoms with Gasteiger partial charge in [0.1, 0.15) is 29.9 Å². The minimum absolute atomic E-state index is 0.00865. The summed E-state index contributed by atoms with van der Waals surface area (Å²) in [5.41, 5.74) is 3.00. The number of aryl methyl sites for hydroxylation is 1. The molecule has 0 aliphatic carbocycles. The van der Waals surface area contributed by atoms with Crippen LogP contribution in [0.3, 0.4) is 0 Å². The number of halogens is 5. The van der Waals surface area contributed by atoms with Gasteiger partial charge in [0.15, 0.2) is 11.6 Å². The molecule has 3 aromatic rings. The molecule has 0 amide bonds. The van der Waals surface area contributed by atoms with Crippen LogP contribution >= 0.6 is 11.6 Å². The second-order valence-corrected chi connectivity index (χ2v) is 13.4. The van der Waals surface area contributed by atoms with Crippen LogP contribution in [0, 0.1) is 12.7 Å². The number of nitrogens with zero attached hydrogens (tertiary/aromatic N) is 5. The highest BCUT2D eigenvalue weighted by atomic mass is 35.5. The number of hydrogen-bond donors (Lipinski definition) is 2. The zero-order chi connectivity index (χ0) is 32.1. The van der Waals surface area contributed by atoms with Gasteiger partial charge in [-0.15, -0.1) is 0 Å². The van der Waals surface area contributed by atoms with Gasteiger partial charge in [0, 0.05) is 37.3 Å². The second-order valence-electron chi connectivity index (χ2n) is 13.0. The zero-order valence-corrected chi connectivity index (χ0v) is 26.1. The summed E-state index contributed by atoms with van der Waals surface area (Å²) in [6.07, 6.45) is -1.60. The van der Waals surface area contributed by atoms with Crippen LogP contribution in [-0.2, 0) is 10.9 Å². The molecule has 10 nitrogen and oxygen atoms in total. The van der Waals surface area contributed by atoms with Crippen molar-refractivity contribution in [2.24, 2.45) is 0 Å². The lowest BCUT2D eigenvalue weighted by atomic mass is 9.98. The molecule has 0 spiro atoms. The maximum absolute atomic E-state index is 16.9. The van der Waals surface area contributed by atoms with Gasteiger partial charge in [0.2, 0.25) is 0 Å². The largest absolute Gasteiger partial charge is 0.486 e. The average Bonchev–Trinajstić information content (AvgIpc) is 3.56. The van der Waals surface area contributed by atoms with Gasteiger partial charge >= 0.3 is 12.2 Å². The molecule has 6 atom stereocenters. The highest BCUT2D eigenvalue weighted by molar-refractivity contribution is 6.36. The molecule has 8 rings (SSSR count). The first kappa shape index (κ1) is 30.2. The zero-order valence-electron chi connectivity index (χ0n) is 25.3. The third-order valence-electron chi connectivity index (χ3n) is 10.2. The summed E-state index contributed by atoms with van der Waals surface area (Å²) in [7, 11) is 0. The van der Waals surface area contributed by atoms with E-state index in [2.05, 4.69) is 25.1 Å². The lowest BCUT2D eigenvalue weighted by Crippen LogP contribution is -2.62. The number of alkyl halides is 3. The van der Waals surface area contributed by atoms with Crippen molar-refractivity contribution in [3.05, 3.63) is 28.0 Å². The molecule has 4 fully saturated rings. The summed E-state index contributed by atoms with van der Waals surface area (Å²) in [6.45, 7) is 6.08. The molecule has 7 heterocycles. The van der Waals surface area contributed by atoms with Crippen molar-refractivity contribution >= 4 is 34.1 Å². The number of nitrogens with two attached hydrogens (primary N) is 1. The summed E-state index contributed by atoms with van der Waals surface area (Å²) in [5, 5.41) is 3.49. The molecule has 5 aliphatic rings. The Bertz CT molecular complexity index is 1730. The van der Waals surface area contributed by atoms with E-state index in [4.69, 9.17) is 36.5 Å². The van der Waals surface area contributed by atoms with Gasteiger partial charge in [0.05, 0.1) is 46.5 Å². The Kier molecular flexibility index (Phi) is 7.16. The van der Waals surface area contributed by atoms with E-state index in [9.17, 15) is 13.2 Å². The molecule has 246 valence electrons. The SMILES string of the molecule is Cc1cc(N)nc(-c2c(Cl)c3c4c(nc(OC[C@@H]5CC[C@H]6COCCN65)nc4c2F)N2C[C@H]4CC[C@H](N4)C2C(C)O3)c1C(F)(F)F. The van der Waals surface area contributed by atoms with Crippen LogP contribution in [0.2, 0.25) is 5.02 Å². The van der Waals surface area contributed by atoms with Gasteiger partial charge < -0.3 is 30.2 Å². The number of nitrogens with one attached hydrogen (secondary N) is 1. The first-order valence-electron chi connectivity index (χ1n) is 15.7. The minimum Gasteiger partial charge on any atom is -0.486 e. The number of ether oxygens (including phenoxy) is 3. The third-order valence-corrected chi connectivity index (χ3v) is 10.6. The number of morpholine rings is 1. The van der Waals surface area contributed by atoms with Gasteiger partial charge in [0.25, 0.3) is 0 Å². The molecule has 2 aromatic heterocycles. The summed E-state index contributed by atoms with van der Waals surface area (Å²) in [5.74, 6) is -0.893. The van der Waals surface area contributed by atoms with E-state index >= 15 is 4.39 Å². The highest BCUT2D eigenvalue weighted by Crippen LogP contribution is 2.52. The number of pyridine rings is 1. The lowest BCUT2D eigenvalue weighted by molar-refractivity contribution is -0.137. The molecule has 3 N–H and O–H groups in total. The number of anilines is 2. The molecule has 5 aliphatic heterocycles. The lowest BCUT2D eigenvalue weighted by Gasteiger charge is -2.42. The number of hydrogen-bond acceptors (Lipinski definition) is 10. The van der Waals surface area contributed by atoms with E-state index < -0.39 is 34.9 Å². The van der Waals surface area contributed by atoms with Crippen LogP contribution in [0.5, 0.6) is 11.8 Å². The maximum Gasteiger partial charge on any atom is 0.418 e. The molecule has 15 heteroatoms. The van der Waals surface area contributed by atoms with Crippen LogP contribution in [0.15, 0.2) is 6.07 Å². The average molecular weight is 664 g/mol. The molecule has 4 saturated heterocycles. The number of nitrogen functional groups attached to an aromatic ring is 1. The fraction of sp³-hybridized carbons (Fsp3) is 0.581. The fourth-order valence-electron chi connectivity index (χ4n) is 8.26. The Morgan fingerprint density at radius 3 is 2.80 bits per heavy atom. The van der Waals surface area contributed by atoms with Crippen molar-refractivity contribution in [3.8, 4) is 23.0 Å². The van der Waals surface area contributed by atoms with Crippen LogP contribution < -0.4 is 25.4 Å². The molecule has 0 radical (unpaired) electrons. The van der Waals surface area contributed by atoms with E-state index in [-0.39, 0.29) is 69.8 Å². The Balaban J connectivity index is 1.32. The van der Waals surface area contributed by atoms with Gasteiger partial charge in [-0.3, -0.25) is 4.90 Å². The van der Waals surface area contributed by atoms with Crippen molar-refractivity contribution in [3.63, 3.8) is 0 Å². The van der Waals surface area contributed by atoms with Gasteiger partial charge in [-0.2, -0.15) is 23.1 Å². The molecule has 46 heavy (non-hydrogen) atoms. The van der Waals surface area contributed by atoms with Crippen molar-refractivity contribution in [2.75, 3.05) is 43.5 Å². The monoisotopic (exact) mass is 663 g/mol. The summed E-state index contributed by atoms with van der Waals surface area (Å²) < 4.78 is 78.6. The Morgan fingerprint density at radius 2 is 2.00 bits per heavy atom. The van der Waals surface area contributed by atoms with Gasteiger partial charge in [-0.25, -0.2) is 9.37 Å². The molecular weight excluding hydrogens is 630 g/mol. The van der Waals surface area contributed by atoms with Crippen molar-refractivity contribution < 1.29 is 31.8 Å². The number of piperazine rings is 1. The smallest absolute Gasteiger partial charge is 0.418 e. The van der Waals surface area contributed by atoms with E-state index in [1.165, 1.54) is 6.92 Å². The summed E-state index contributed by atoms with van der Waals surface area (Å²) in [6, 6.07) is 1.50. The first-order chi connectivity index (χ1) is 22.0. The molecular formula is C31H34ClF4N7O3. The van der Waals surface area contributed by atoms with Crippen LogP contribution in [0.4, 0.5) is 29.2 Å². The highest BCUT2D eigenvalue weighted by Gasteiger charge is 2.48. The quantitative estimate of drug-likeness (QED) is 0.381. The minimum atomic E-state index is -4.87. The topological polar surface area (TPSA) is 111 Å². The van der Waals surface area contributed by atoms with E-state index in [1.54, 1.807) is 0 Å². The van der Waals surface area contributed by atoms with Gasteiger partial charge in [-0.05, 0) is 51.2 Å². The normalized spacial score (nSPS) is 29.0. The molecule has 2 bridgehead atoms. The number of benzene rings is 1. The van der Waals surface area contributed by atoms with Crippen LogP contribution in [0.25, 0.3) is 22.2 Å².